The van der Waals surface area contributed by atoms with E-state index >= 15 is 0 Å². The second-order valence-electron chi connectivity index (χ2n) is 8.08. The molecule has 164 valence electrons. The minimum absolute atomic E-state index is 0.0430. The number of imidazole rings is 1. The molecular formula is C23H23ClN6OS. The highest BCUT2D eigenvalue weighted by molar-refractivity contribution is 7.08. The Balaban J connectivity index is 0.000000314. The predicted octanol–water partition coefficient (Wildman–Crippen LogP) is 5.36. The molecule has 0 saturated heterocycles. The van der Waals surface area contributed by atoms with Gasteiger partial charge in [0.25, 0.3) is 0 Å². The highest BCUT2D eigenvalue weighted by Crippen LogP contribution is 2.39. The van der Waals surface area contributed by atoms with Crippen molar-refractivity contribution in [1.29, 1.82) is 0 Å². The van der Waals surface area contributed by atoms with Crippen molar-refractivity contribution in [3.05, 3.63) is 70.0 Å². The van der Waals surface area contributed by atoms with Crippen molar-refractivity contribution in [2.24, 2.45) is 5.92 Å². The minimum atomic E-state index is 0.0430. The van der Waals surface area contributed by atoms with Crippen molar-refractivity contribution in [1.82, 2.24) is 19.4 Å². The van der Waals surface area contributed by atoms with Gasteiger partial charge in [0.1, 0.15) is 23.6 Å². The number of hydrogen-bond donors (Lipinski definition) is 2. The zero-order chi connectivity index (χ0) is 21.9. The van der Waals surface area contributed by atoms with Crippen LogP contribution in [0.15, 0.2) is 53.7 Å². The number of aromatic nitrogens is 4. The van der Waals surface area contributed by atoms with E-state index in [-0.39, 0.29) is 11.8 Å². The number of pyridine rings is 1. The first-order valence-corrected chi connectivity index (χ1v) is 12.0. The molecule has 0 aromatic carbocycles. The third kappa shape index (κ3) is 5.44. The summed E-state index contributed by atoms with van der Waals surface area (Å²) < 4.78 is 2.09. The lowest BCUT2D eigenvalue weighted by molar-refractivity contribution is -0.117. The van der Waals surface area contributed by atoms with Crippen LogP contribution in [0.1, 0.15) is 42.9 Å². The van der Waals surface area contributed by atoms with E-state index in [0.29, 0.717) is 18.2 Å². The molecule has 0 unspecified atom stereocenters. The van der Waals surface area contributed by atoms with Gasteiger partial charge < -0.3 is 15.0 Å². The van der Waals surface area contributed by atoms with E-state index in [2.05, 4.69) is 48.3 Å². The van der Waals surface area contributed by atoms with E-state index in [1.165, 1.54) is 24.7 Å². The lowest BCUT2D eigenvalue weighted by Crippen LogP contribution is -2.14. The lowest BCUT2D eigenvalue weighted by atomic mass is 10.2. The average molecular weight is 467 g/mol. The molecule has 0 bridgehead atoms. The van der Waals surface area contributed by atoms with E-state index in [1.54, 1.807) is 17.4 Å². The largest absolute Gasteiger partial charge is 0.364 e. The van der Waals surface area contributed by atoms with Crippen LogP contribution in [0.5, 0.6) is 0 Å². The summed E-state index contributed by atoms with van der Waals surface area (Å²) in [5, 5.41) is 10.8. The Morgan fingerprint density at radius 1 is 1.12 bits per heavy atom. The van der Waals surface area contributed by atoms with Crippen LogP contribution in [-0.4, -0.2) is 25.3 Å². The van der Waals surface area contributed by atoms with Gasteiger partial charge in [0, 0.05) is 29.8 Å². The van der Waals surface area contributed by atoms with E-state index < -0.39 is 0 Å². The van der Waals surface area contributed by atoms with E-state index in [9.17, 15) is 4.79 Å². The predicted molar refractivity (Wildman–Crippen MR) is 127 cm³/mol. The van der Waals surface area contributed by atoms with Crippen LogP contribution in [0.25, 0.3) is 5.65 Å². The number of hydrogen-bond acceptors (Lipinski definition) is 6. The molecular weight excluding hydrogens is 444 g/mol. The van der Waals surface area contributed by atoms with Gasteiger partial charge in [-0.15, -0.1) is 0 Å². The first-order chi connectivity index (χ1) is 15.6. The summed E-state index contributed by atoms with van der Waals surface area (Å²) >= 11 is 7.07. The molecule has 6 rings (SSSR count). The van der Waals surface area contributed by atoms with Gasteiger partial charge in [0.15, 0.2) is 0 Å². The van der Waals surface area contributed by atoms with Crippen molar-refractivity contribution >= 4 is 46.1 Å². The zero-order valence-corrected chi connectivity index (χ0v) is 18.9. The Hall–Kier alpha value is -2.97. The Bertz CT molecular complexity index is 1220. The number of rotatable bonds is 6. The Labute approximate surface area is 194 Å². The standard InChI is InChI=1S/C19H20N6O.C4H3ClS/c26-19(13-3-4-13)24-17-7-16(21-11-22-17)20-8-15-10-25-9-14(12-1-2-12)5-6-18(25)23-15;5-4-1-2-6-3-4/h5-7,9-13H,1-4,8H2,(H2,20,21,22,24,26);1-3H. The third-order valence-corrected chi connectivity index (χ3v) is 6.42. The topological polar surface area (TPSA) is 84.2 Å². The fraction of sp³-hybridized carbons (Fsp3) is 0.304. The molecule has 2 N–H and O–H groups in total. The summed E-state index contributed by atoms with van der Waals surface area (Å²) in [7, 11) is 0. The van der Waals surface area contributed by atoms with Gasteiger partial charge in [0.05, 0.1) is 17.3 Å². The zero-order valence-electron chi connectivity index (χ0n) is 17.4. The summed E-state index contributed by atoms with van der Waals surface area (Å²) in [4.78, 5) is 24.8. The number of nitrogens with zero attached hydrogens (tertiary/aromatic N) is 4. The Kier molecular flexibility index (Phi) is 6.05. The molecule has 2 aliphatic carbocycles. The number of amides is 1. The molecule has 1 amide bonds. The lowest BCUT2D eigenvalue weighted by Gasteiger charge is -2.06. The van der Waals surface area contributed by atoms with E-state index in [4.69, 9.17) is 11.6 Å². The van der Waals surface area contributed by atoms with Crippen molar-refractivity contribution in [2.75, 3.05) is 10.6 Å². The monoisotopic (exact) mass is 466 g/mol. The van der Waals surface area contributed by atoms with Gasteiger partial charge in [-0.2, -0.15) is 11.3 Å². The van der Waals surface area contributed by atoms with Crippen molar-refractivity contribution in [3.63, 3.8) is 0 Å². The van der Waals surface area contributed by atoms with Gasteiger partial charge in [-0.3, -0.25) is 4.79 Å². The highest BCUT2D eigenvalue weighted by atomic mass is 35.5. The van der Waals surface area contributed by atoms with Gasteiger partial charge >= 0.3 is 0 Å². The van der Waals surface area contributed by atoms with Crippen LogP contribution in [0.4, 0.5) is 11.6 Å². The molecule has 2 aliphatic rings. The van der Waals surface area contributed by atoms with Crippen molar-refractivity contribution in [3.8, 4) is 0 Å². The molecule has 32 heavy (non-hydrogen) atoms. The second kappa shape index (κ2) is 9.26. The van der Waals surface area contributed by atoms with Crippen molar-refractivity contribution < 1.29 is 4.79 Å². The normalized spacial score (nSPS) is 15.2. The summed E-state index contributed by atoms with van der Waals surface area (Å²) in [5.41, 5.74) is 3.28. The molecule has 2 fully saturated rings. The SMILES string of the molecule is Clc1ccsc1.O=C(Nc1cc(NCc2cn3cc(C4CC4)ccc3n2)ncn1)C1CC1. The van der Waals surface area contributed by atoms with Gasteiger partial charge in [-0.1, -0.05) is 17.7 Å². The highest BCUT2D eigenvalue weighted by Gasteiger charge is 2.29. The fourth-order valence-electron chi connectivity index (χ4n) is 3.33. The van der Waals surface area contributed by atoms with Gasteiger partial charge in [0.2, 0.25) is 5.91 Å². The molecule has 0 atom stereocenters. The summed E-state index contributed by atoms with van der Waals surface area (Å²) in [6.45, 7) is 0.563. The molecule has 2 saturated carbocycles. The average Bonchev–Trinajstić information content (AvgIpc) is 3.73. The molecule has 0 spiro atoms. The van der Waals surface area contributed by atoms with Gasteiger partial charge in [-0.05, 0) is 54.7 Å². The molecule has 4 aromatic rings. The number of carbonyl (C=O) groups excluding carboxylic acids is 1. The molecule has 4 heterocycles. The Morgan fingerprint density at radius 2 is 1.97 bits per heavy atom. The van der Waals surface area contributed by atoms with E-state index in [1.807, 2.05) is 23.0 Å². The molecule has 0 radical (unpaired) electrons. The van der Waals surface area contributed by atoms with Crippen LogP contribution in [0.3, 0.4) is 0 Å². The minimum Gasteiger partial charge on any atom is -0.364 e. The van der Waals surface area contributed by atoms with Gasteiger partial charge in [-0.25, -0.2) is 15.0 Å². The number of anilines is 2. The van der Waals surface area contributed by atoms with E-state index in [0.717, 1.165) is 35.1 Å². The Morgan fingerprint density at radius 3 is 2.66 bits per heavy atom. The number of halogens is 1. The number of carbonyl (C=O) groups is 1. The molecule has 4 aromatic heterocycles. The first kappa shape index (κ1) is 20.9. The van der Waals surface area contributed by atoms with Crippen LogP contribution >= 0.6 is 22.9 Å². The summed E-state index contributed by atoms with van der Waals surface area (Å²) in [6, 6.07) is 7.87. The maximum atomic E-state index is 11.8. The molecule has 0 aliphatic heterocycles. The quantitative estimate of drug-likeness (QED) is 0.399. The number of thiophene rings is 1. The molecule has 9 heteroatoms. The second-order valence-corrected chi connectivity index (χ2v) is 9.30. The smallest absolute Gasteiger partial charge is 0.228 e. The van der Waals surface area contributed by atoms with Crippen LogP contribution < -0.4 is 10.6 Å². The summed E-state index contributed by atoms with van der Waals surface area (Å²) in [5.74, 6) is 2.13. The van der Waals surface area contributed by atoms with Crippen LogP contribution in [0, 0.1) is 5.92 Å². The first-order valence-electron chi connectivity index (χ1n) is 10.7. The number of nitrogens with one attached hydrogen (secondary N) is 2. The van der Waals surface area contributed by atoms with Crippen LogP contribution in [-0.2, 0) is 11.3 Å². The summed E-state index contributed by atoms with van der Waals surface area (Å²) in [6.07, 6.45) is 10.2. The fourth-order valence-corrected chi connectivity index (χ4v) is 4.13. The number of fused-ring (bicyclic) bond motifs is 1. The third-order valence-electron chi connectivity index (χ3n) is 5.38. The maximum Gasteiger partial charge on any atom is 0.228 e. The van der Waals surface area contributed by atoms with Crippen molar-refractivity contribution in [2.45, 2.75) is 38.1 Å². The molecule has 7 nitrogen and oxygen atoms in total. The van der Waals surface area contributed by atoms with Crippen LogP contribution in [0.2, 0.25) is 5.02 Å². The maximum absolute atomic E-state index is 11.8.